The first-order valence-corrected chi connectivity index (χ1v) is 15.5. The van der Waals surface area contributed by atoms with Gasteiger partial charge in [0.25, 0.3) is 0 Å². The molecule has 0 aromatic heterocycles. The zero-order valence-corrected chi connectivity index (χ0v) is 25.5. The Balaban J connectivity index is 1.32. The molecule has 0 radical (unpaired) electrons. The van der Waals surface area contributed by atoms with Crippen LogP contribution in [0.25, 0.3) is 0 Å². The van der Waals surface area contributed by atoms with Gasteiger partial charge in [-0.1, -0.05) is 142 Å². The van der Waals surface area contributed by atoms with Crippen molar-refractivity contribution >= 4 is 11.7 Å². The molecule has 2 aliphatic rings. The van der Waals surface area contributed by atoms with E-state index in [0.29, 0.717) is 0 Å². The van der Waals surface area contributed by atoms with Gasteiger partial charge in [0.2, 0.25) is 0 Å². The summed E-state index contributed by atoms with van der Waals surface area (Å²) in [5.74, 6) is 1.83. The van der Waals surface area contributed by atoms with Crippen LogP contribution in [-0.2, 0) is 5.41 Å². The highest BCUT2D eigenvalue weighted by Gasteiger charge is 2.34. The molecule has 0 fully saturated rings. The summed E-state index contributed by atoms with van der Waals surface area (Å²) in [5.41, 5.74) is 8.21. The van der Waals surface area contributed by atoms with E-state index in [2.05, 4.69) is 171 Å². The van der Waals surface area contributed by atoms with Crippen molar-refractivity contribution in [2.24, 2.45) is 9.98 Å². The molecule has 4 nitrogen and oxygen atoms in total. The normalized spacial score (nSPS) is 21.2. The summed E-state index contributed by atoms with van der Waals surface area (Å²) in [6, 6.07) is 49.4. The molecule has 5 aromatic rings. The van der Waals surface area contributed by atoms with Crippen LogP contribution in [0, 0.1) is 0 Å². The Kier molecular flexibility index (Phi) is 7.35. The van der Waals surface area contributed by atoms with Gasteiger partial charge < -0.3 is 10.6 Å². The molecular formula is C40H38N4. The van der Waals surface area contributed by atoms with Gasteiger partial charge in [-0.3, -0.25) is 9.98 Å². The molecule has 2 aliphatic heterocycles. The molecule has 0 amide bonds. The third-order valence-electron chi connectivity index (χ3n) is 8.70. The zero-order chi connectivity index (χ0) is 30.1. The summed E-state index contributed by atoms with van der Waals surface area (Å²) in [5, 5.41) is 7.66. The summed E-state index contributed by atoms with van der Waals surface area (Å²) >= 11 is 0. The highest BCUT2D eigenvalue weighted by molar-refractivity contribution is 6.06. The van der Waals surface area contributed by atoms with Crippen molar-refractivity contribution in [1.82, 2.24) is 10.6 Å². The summed E-state index contributed by atoms with van der Waals surface area (Å²) in [7, 11) is 0. The minimum Gasteiger partial charge on any atom is -0.361 e. The molecule has 4 heteroatoms. The van der Waals surface area contributed by atoms with Crippen LogP contribution in [0.15, 0.2) is 150 Å². The van der Waals surface area contributed by atoms with Crippen molar-refractivity contribution in [2.45, 2.75) is 50.4 Å². The average Bonchev–Trinajstić information content (AvgIpc) is 3.72. The van der Waals surface area contributed by atoms with E-state index in [0.717, 1.165) is 22.8 Å². The first-order valence-electron chi connectivity index (χ1n) is 15.5. The lowest BCUT2D eigenvalue weighted by molar-refractivity contribution is 0.572. The molecule has 44 heavy (non-hydrogen) atoms. The van der Waals surface area contributed by atoms with Gasteiger partial charge in [-0.25, -0.2) is 0 Å². The summed E-state index contributed by atoms with van der Waals surface area (Å²) < 4.78 is 0. The van der Waals surface area contributed by atoms with Crippen LogP contribution < -0.4 is 10.6 Å². The second-order valence-electron chi connectivity index (χ2n) is 12.8. The SMILES string of the molecule is CC(C)(C)c1cc(C2=N[C@H](c3ccccc3)[C@@H](c3ccccc3)N2)cc(C2=N[C@H](c3ccccc3)[C@@H](c3ccccc3)N2)c1. The Morgan fingerprint density at radius 3 is 1.14 bits per heavy atom. The molecule has 2 heterocycles. The molecule has 0 unspecified atom stereocenters. The number of nitrogens with one attached hydrogen (secondary N) is 2. The lowest BCUT2D eigenvalue weighted by Crippen LogP contribution is -2.28. The van der Waals surface area contributed by atoms with E-state index in [4.69, 9.17) is 9.98 Å². The van der Waals surface area contributed by atoms with Gasteiger partial charge in [0.05, 0.1) is 12.1 Å². The molecule has 0 bridgehead atoms. The van der Waals surface area contributed by atoms with Crippen molar-refractivity contribution in [3.63, 3.8) is 0 Å². The van der Waals surface area contributed by atoms with Gasteiger partial charge >= 0.3 is 0 Å². The van der Waals surface area contributed by atoms with E-state index in [1.54, 1.807) is 0 Å². The van der Waals surface area contributed by atoms with E-state index in [1.165, 1.54) is 27.8 Å². The fourth-order valence-corrected chi connectivity index (χ4v) is 6.29. The topological polar surface area (TPSA) is 48.8 Å². The largest absolute Gasteiger partial charge is 0.361 e. The van der Waals surface area contributed by atoms with Gasteiger partial charge in [-0.05, 0) is 51.4 Å². The van der Waals surface area contributed by atoms with Crippen LogP contribution in [-0.4, -0.2) is 11.7 Å². The predicted molar refractivity (Wildman–Crippen MR) is 181 cm³/mol. The third-order valence-corrected chi connectivity index (χ3v) is 8.70. The highest BCUT2D eigenvalue weighted by Crippen LogP contribution is 2.39. The molecule has 2 N–H and O–H groups in total. The third kappa shape index (κ3) is 5.56. The standard InChI is InChI=1S/C40H38N4/c1-40(2,3)33-25-31(38-41-34(27-16-8-4-9-17-27)35(42-38)28-18-10-5-11-19-28)24-32(26-33)39-43-36(29-20-12-6-13-21-29)37(44-39)30-22-14-7-15-23-30/h4-26,34-37H,1-3H3,(H,41,42)(H,43,44)/t34-,35-,36-,37-/m1/s1. The van der Waals surface area contributed by atoms with Gasteiger partial charge in [-0.15, -0.1) is 0 Å². The lowest BCUT2D eigenvalue weighted by Gasteiger charge is -2.23. The summed E-state index contributed by atoms with van der Waals surface area (Å²) in [6.07, 6.45) is 0. The quantitative estimate of drug-likeness (QED) is 0.213. The summed E-state index contributed by atoms with van der Waals surface area (Å²) in [4.78, 5) is 10.7. The maximum atomic E-state index is 5.35. The molecule has 0 spiro atoms. The molecule has 7 rings (SSSR count). The first-order chi connectivity index (χ1) is 21.4. The van der Waals surface area contributed by atoms with Gasteiger partial charge in [-0.2, -0.15) is 0 Å². The van der Waals surface area contributed by atoms with Crippen LogP contribution in [0.3, 0.4) is 0 Å². The highest BCUT2D eigenvalue weighted by atomic mass is 15.1. The molecule has 0 saturated heterocycles. The zero-order valence-electron chi connectivity index (χ0n) is 25.5. The van der Waals surface area contributed by atoms with E-state index < -0.39 is 0 Å². The van der Waals surface area contributed by atoms with Crippen molar-refractivity contribution in [1.29, 1.82) is 0 Å². The van der Waals surface area contributed by atoms with E-state index >= 15 is 0 Å². The number of rotatable bonds is 6. The second kappa shape index (κ2) is 11.6. The van der Waals surface area contributed by atoms with Crippen LogP contribution in [0.5, 0.6) is 0 Å². The maximum absolute atomic E-state index is 5.35. The average molecular weight is 575 g/mol. The molecular weight excluding hydrogens is 536 g/mol. The summed E-state index contributed by atoms with van der Waals surface area (Å²) in [6.45, 7) is 6.80. The molecule has 218 valence electrons. The predicted octanol–water partition coefficient (Wildman–Crippen LogP) is 8.65. The van der Waals surface area contributed by atoms with Crippen molar-refractivity contribution in [2.75, 3.05) is 0 Å². The van der Waals surface area contributed by atoms with Gasteiger partial charge in [0.15, 0.2) is 0 Å². The Bertz CT molecular complexity index is 1660. The fourth-order valence-electron chi connectivity index (χ4n) is 6.29. The first kappa shape index (κ1) is 27.8. The van der Waals surface area contributed by atoms with Crippen LogP contribution in [0.1, 0.15) is 83.9 Å². The van der Waals surface area contributed by atoms with Crippen LogP contribution in [0.4, 0.5) is 0 Å². The smallest absolute Gasteiger partial charge is 0.129 e. The lowest BCUT2D eigenvalue weighted by atomic mass is 9.84. The number of nitrogens with zero attached hydrogens (tertiary/aromatic N) is 2. The molecule has 4 atom stereocenters. The van der Waals surface area contributed by atoms with Crippen molar-refractivity contribution in [3.8, 4) is 0 Å². The Morgan fingerprint density at radius 1 is 0.455 bits per heavy atom. The molecule has 5 aromatic carbocycles. The molecule has 0 aliphatic carbocycles. The van der Waals surface area contributed by atoms with Crippen LogP contribution >= 0.6 is 0 Å². The van der Waals surface area contributed by atoms with Crippen molar-refractivity contribution < 1.29 is 0 Å². The second-order valence-corrected chi connectivity index (χ2v) is 12.8. The molecule has 0 saturated carbocycles. The minimum absolute atomic E-state index is 0.0257. The number of amidine groups is 2. The Morgan fingerprint density at radius 2 is 0.795 bits per heavy atom. The van der Waals surface area contributed by atoms with Gasteiger partial charge in [0.1, 0.15) is 23.8 Å². The van der Waals surface area contributed by atoms with E-state index in [9.17, 15) is 0 Å². The van der Waals surface area contributed by atoms with E-state index in [1.807, 2.05) is 0 Å². The minimum atomic E-state index is -0.0571. The maximum Gasteiger partial charge on any atom is 0.129 e. The van der Waals surface area contributed by atoms with E-state index in [-0.39, 0.29) is 29.6 Å². The van der Waals surface area contributed by atoms with Crippen molar-refractivity contribution in [3.05, 3.63) is 178 Å². The Labute approximate surface area is 260 Å². The number of hydrogen-bond acceptors (Lipinski definition) is 4. The Hall–Kier alpha value is -4.96. The number of aliphatic imine (C=N–C) groups is 2. The monoisotopic (exact) mass is 574 g/mol. The fraction of sp³-hybridized carbons (Fsp3) is 0.200. The van der Waals surface area contributed by atoms with Crippen LogP contribution in [0.2, 0.25) is 0 Å². The number of benzene rings is 5. The van der Waals surface area contributed by atoms with Gasteiger partial charge in [0, 0.05) is 11.1 Å². The number of hydrogen-bond donors (Lipinski definition) is 2.